The number of hydrogen-bond acceptors (Lipinski definition) is 5. The fourth-order valence-corrected chi connectivity index (χ4v) is 3.87. The van der Waals surface area contributed by atoms with Crippen LogP contribution in [0.2, 0.25) is 0 Å². The maximum absolute atomic E-state index is 13.0. The van der Waals surface area contributed by atoms with Gasteiger partial charge in [0.25, 0.3) is 11.5 Å². The van der Waals surface area contributed by atoms with Gasteiger partial charge in [-0.05, 0) is 42.8 Å². The van der Waals surface area contributed by atoms with Gasteiger partial charge in [-0.1, -0.05) is 35.9 Å². The maximum atomic E-state index is 13.0. The van der Waals surface area contributed by atoms with E-state index < -0.39 is 35.6 Å². The number of carboxylic acid groups (broad SMARTS) is 1. The summed E-state index contributed by atoms with van der Waals surface area (Å²) in [6.45, 7) is 1.58. The van der Waals surface area contributed by atoms with Crippen molar-refractivity contribution in [3.05, 3.63) is 110 Å². The van der Waals surface area contributed by atoms with Crippen molar-refractivity contribution in [1.82, 2.24) is 14.5 Å². The first-order chi connectivity index (χ1) is 18.4. The number of hydrogen-bond donors (Lipinski definition) is 2. The van der Waals surface area contributed by atoms with Crippen LogP contribution >= 0.6 is 0 Å². The number of anilines is 1. The van der Waals surface area contributed by atoms with Gasteiger partial charge >= 0.3 is 11.7 Å². The van der Waals surface area contributed by atoms with Gasteiger partial charge in [0.15, 0.2) is 0 Å². The first-order valence-corrected chi connectivity index (χ1v) is 11.8. The Morgan fingerprint density at radius 2 is 1.62 bits per heavy atom. The molecular weight excluding hydrogens is 510 g/mol. The molecule has 0 atom stereocenters. The number of fused-ring (bicyclic) bond motifs is 1. The zero-order chi connectivity index (χ0) is 28.9. The predicted molar refractivity (Wildman–Crippen MR) is 144 cm³/mol. The van der Waals surface area contributed by atoms with E-state index in [1.165, 1.54) is 9.13 Å². The van der Waals surface area contributed by atoms with Crippen molar-refractivity contribution in [3.63, 3.8) is 0 Å². The number of amides is 1. The Hall–Kier alpha value is -4.80. The van der Waals surface area contributed by atoms with Crippen molar-refractivity contribution < 1.29 is 23.5 Å². The van der Waals surface area contributed by atoms with Crippen LogP contribution in [0, 0.1) is 18.6 Å². The Balaban J connectivity index is 0.000000242. The third-order valence-electron chi connectivity index (χ3n) is 5.86. The van der Waals surface area contributed by atoms with E-state index in [0.717, 1.165) is 35.0 Å². The van der Waals surface area contributed by atoms with Gasteiger partial charge in [-0.25, -0.2) is 13.6 Å². The zero-order valence-electron chi connectivity index (χ0n) is 21.9. The Kier molecular flexibility index (Phi) is 8.97. The normalized spacial score (nSPS) is 10.5. The van der Waals surface area contributed by atoms with Gasteiger partial charge in [0, 0.05) is 26.8 Å². The van der Waals surface area contributed by atoms with Crippen LogP contribution in [-0.2, 0) is 18.4 Å². The number of nitrogens with zero attached hydrogens (tertiary/aromatic N) is 3. The van der Waals surface area contributed by atoms with Gasteiger partial charge < -0.3 is 15.3 Å². The summed E-state index contributed by atoms with van der Waals surface area (Å²) in [5.74, 6) is -4.44. The van der Waals surface area contributed by atoms with E-state index in [2.05, 4.69) is 0 Å². The van der Waals surface area contributed by atoms with Crippen molar-refractivity contribution in [2.75, 3.05) is 25.5 Å². The largest absolute Gasteiger partial charge is 0.480 e. The third-order valence-corrected chi connectivity index (χ3v) is 5.86. The minimum Gasteiger partial charge on any atom is -0.480 e. The van der Waals surface area contributed by atoms with Crippen LogP contribution in [0.5, 0.6) is 0 Å². The van der Waals surface area contributed by atoms with E-state index in [1.54, 1.807) is 7.05 Å². The molecule has 0 unspecified atom stereocenters. The standard InChI is InChI=1S/C19H21N3O2.C9H7F2NO3/c1-13-6-5-7-14(10-13)12-22-18(23)16-11-15(20(2)3)8-9-17(16)21(4)19(22)24;10-5-2-1-3-6(11)8(5)9(15)12-4-7(13)14/h5-11H,12H2,1-4H3;1-3H,4H2,(H,12,15)(H,13,14). The minimum atomic E-state index is -1.29. The Morgan fingerprint density at radius 1 is 0.974 bits per heavy atom. The summed E-state index contributed by atoms with van der Waals surface area (Å²) in [5, 5.41) is 10.7. The lowest BCUT2D eigenvalue weighted by Gasteiger charge is -2.15. The second kappa shape index (κ2) is 12.2. The van der Waals surface area contributed by atoms with Crippen molar-refractivity contribution in [1.29, 1.82) is 0 Å². The molecule has 3 aromatic carbocycles. The number of halogens is 2. The number of nitrogens with one attached hydrogen (secondary N) is 1. The lowest BCUT2D eigenvalue weighted by molar-refractivity contribution is -0.135. The molecule has 1 heterocycles. The summed E-state index contributed by atoms with van der Waals surface area (Å²) in [6, 6.07) is 16.4. The molecule has 204 valence electrons. The van der Waals surface area contributed by atoms with Crippen LogP contribution in [0.1, 0.15) is 21.5 Å². The van der Waals surface area contributed by atoms with Gasteiger partial charge in [0.1, 0.15) is 23.7 Å². The van der Waals surface area contributed by atoms with Gasteiger partial charge in [-0.3, -0.25) is 23.5 Å². The summed E-state index contributed by atoms with van der Waals surface area (Å²) in [6.07, 6.45) is 0. The van der Waals surface area contributed by atoms with E-state index in [0.29, 0.717) is 10.9 Å². The number of aromatic nitrogens is 2. The molecule has 1 aromatic heterocycles. The fourth-order valence-electron chi connectivity index (χ4n) is 3.87. The highest BCUT2D eigenvalue weighted by atomic mass is 19.1. The molecule has 0 aliphatic heterocycles. The number of aliphatic carboxylic acids is 1. The third kappa shape index (κ3) is 6.75. The second-order valence-electron chi connectivity index (χ2n) is 8.99. The molecule has 4 rings (SSSR count). The highest BCUT2D eigenvalue weighted by molar-refractivity contribution is 5.96. The van der Waals surface area contributed by atoms with E-state index in [1.807, 2.05) is 73.7 Å². The first-order valence-electron chi connectivity index (χ1n) is 11.8. The van der Waals surface area contributed by atoms with Gasteiger partial charge in [-0.15, -0.1) is 0 Å². The molecule has 11 heteroatoms. The molecule has 0 saturated carbocycles. The van der Waals surface area contributed by atoms with Crippen LogP contribution in [0.15, 0.2) is 70.3 Å². The molecule has 0 aliphatic rings. The molecule has 4 aromatic rings. The average Bonchev–Trinajstić information content (AvgIpc) is 2.88. The van der Waals surface area contributed by atoms with Crippen LogP contribution < -0.4 is 21.5 Å². The van der Waals surface area contributed by atoms with Gasteiger partial charge in [0.05, 0.1) is 17.4 Å². The topological polar surface area (TPSA) is 114 Å². The molecular formula is C28H28F2N4O5. The highest BCUT2D eigenvalue weighted by Crippen LogP contribution is 2.17. The Morgan fingerprint density at radius 3 is 2.21 bits per heavy atom. The summed E-state index contributed by atoms with van der Waals surface area (Å²) in [5.41, 5.74) is 2.30. The lowest BCUT2D eigenvalue weighted by atomic mass is 10.1. The van der Waals surface area contributed by atoms with Crippen molar-refractivity contribution in [2.24, 2.45) is 7.05 Å². The molecule has 0 radical (unpaired) electrons. The SMILES string of the molecule is Cc1cccc(Cn2c(=O)c3cc(N(C)C)ccc3n(C)c2=O)c1.O=C(O)CNC(=O)c1c(F)cccc1F. The second-order valence-corrected chi connectivity index (χ2v) is 8.99. The number of aryl methyl sites for hydroxylation is 2. The number of benzene rings is 3. The van der Waals surface area contributed by atoms with E-state index in [4.69, 9.17) is 5.11 Å². The molecule has 0 fully saturated rings. The molecule has 9 nitrogen and oxygen atoms in total. The molecule has 0 spiro atoms. The number of carbonyl (C=O) groups excluding carboxylic acids is 1. The monoisotopic (exact) mass is 538 g/mol. The quantitative estimate of drug-likeness (QED) is 0.390. The highest BCUT2D eigenvalue weighted by Gasteiger charge is 2.17. The maximum Gasteiger partial charge on any atom is 0.331 e. The lowest BCUT2D eigenvalue weighted by Crippen LogP contribution is -2.39. The molecule has 0 bridgehead atoms. The average molecular weight is 539 g/mol. The van der Waals surface area contributed by atoms with Crippen LogP contribution in [0.4, 0.5) is 14.5 Å². The summed E-state index contributed by atoms with van der Waals surface area (Å²) >= 11 is 0. The molecule has 1 amide bonds. The number of carboxylic acids is 1. The van der Waals surface area contributed by atoms with Crippen molar-refractivity contribution in [3.8, 4) is 0 Å². The van der Waals surface area contributed by atoms with Gasteiger partial charge in [-0.2, -0.15) is 0 Å². The van der Waals surface area contributed by atoms with Crippen LogP contribution in [0.25, 0.3) is 10.9 Å². The minimum absolute atomic E-state index is 0.252. The molecule has 2 N–H and O–H groups in total. The van der Waals surface area contributed by atoms with Crippen molar-refractivity contribution >= 4 is 28.5 Å². The Bertz CT molecular complexity index is 1640. The fraction of sp³-hybridized carbons (Fsp3) is 0.214. The summed E-state index contributed by atoms with van der Waals surface area (Å²) < 4.78 is 28.8. The summed E-state index contributed by atoms with van der Waals surface area (Å²) in [7, 11) is 5.55. The molecule has 39 heavy (non-hydrogen) atoms. The Labute approximate surface area is 222 Å². The number of carbonyl (C=O) groups is 2. The van der Waals surface area contributed by atoms with E-state index in [-0.39, 0.29) is 17.8 Å². The molecule has 0 aliphatic carbocycles. The van der Waals surface area contributed by atoms with E-state index >= 15 is 0 Å². The smallest absolute Gasteiger partial charge is 0.331 e. The zero-order valence-corrected chi connectivity index (χ0v) is 21.9. The predicted octanol–water partition coefficient (Wildman–Crippen LogP) is 2.90. The number of rotatable bonds is 6. The summed E-state index contributed by atoms with van der Waals surface area (Å²) in [4.78, 5) is 48.7. The van der Waals surface area contributed by atoms with Crippen LogP contribution in [0.3, 0.4) is 0 Å². The van der Waals surface area contributed by atoms with Gasteiger partial charge in [0.2, 0.25) is 0 Å². The van der Waals surface area contributed by atoms with Crippen molar-refractivity contribution in [2.45, 2.75) is 13.5 Å². The molecule has 0 saturated heterocycles. The van der Waals surface area contributed by atoms with E-state index in [9.17, 15) is 28.0 Å². The first kappa shape index (κ1) is 28.8. The van der Waals surface area contributed by atoms with Crippen LogP contribution in [-0.4, -0.2) is 46.8 Å².